The largest absolute Gasteiger partial charge is 0.493 e. The van der Waals surface area contributed by atoms with E-state index in [4.69, 9.17) is 16.3 Å². The fourth-order valence-corrected chi connectivity index (χ4v) is 1.79. The van der Waals surface area contributed by atoms with Crippen LogP contribution in [0.1, 0.15) is 16.1 Å². The topological polar surface area (TPSA) is 44.1 Å². The Morgan fingerprint density at radius 3 is 2.83 bits per heavy atom. The Kier molecular flexibility index (Phi) is 3.34. The molecule has 0 fully saturated rings. The van der Waals surface area contributed by atoms with Crippen LogP contribution in [-0.2, 0) is 7.05 Å². The van der Waals surface area contributed by atoms with E-state index >= 15 is 0 Å². The summed E-state index contributed by atoms with van der Waals surface area (Å²) in [5.74, 6) is -0.867. The van der Waals surface area contributed by atoms with E-state index in [2.05, 4.69) is 5.10 Å². The number of aryl methyl sites for hydroxylation is 1. The van der Waals surface area contributed by atoms with Gasteiger partial charge in [-0.3, -0.25) is 9.48 Å². The highest BCUT2D eigenvalue weighted by Gasteiger charge is 2.22. The van der Waals surface area contributed by atoms with Gasteiger partial charge in [-0.05, 0) is 18.2 Å². The third-order valence-electron chi connectivity index (χ3n) is 2.52. The minimum absolute atomic E-state index is 0.0682. The van der Waals surface area contributed by atoms with Crippen LogP contribution in [0.4, 0.5) is 4.39 Å². The van der Waals surface area contributed by atoms with Crippen LogP contribution in [0.15, 0.2) is 24.4 Å². The predicted octanol–water partition coefficient (Wildman–Crippen LogP) is 2.45. The van der Waals surface area contributed by atoms with E-state index in [-0.39, 0.29) is 16.3 Å². The van der Waals surface area contributed by atoms with Crippen molar-refractivity contribution in [2.75, 3.05) is 7.11 Å². The van der Waals surface area contributed by atoms with Crippen molar-refractivity contribution < 1.29 is 13.9 Å². The Balaban J connectivity index is 2.51. The second-order valence-corrected chi connectivity index (χ2v) is 4.07. The molecule has 6 heteroatoms. The smallest absolute Gasteiger partial charge is 0.217 e. The summed E-state index contributed by atoms with van der Waals surface area (Å²) in [7, 11) is 3.01. The Bertz CT molecular complexity index is 610. The highest BCUT2D eigenvalue weighted by Crippen LogP contribution is 2.23. The van der Waals surface area contributed by atoms with Gasteiger partial charge in [0.25, 0.3) is 0 Å². The Morgan fingerprint density at radius 2 is 2.22 bits per heavy atom. The molecule has 1 aromatic carbocycles. The fraction of sp³-hybridized carbons (Fsp3) is 0.167. The molecule has 2 rings (SSSR count). The molecular weight excluding hydrogens is 259 g/mol. The molecule has 0 aliphatic carbocycles. The van der Waals surface area contributed by atoms with Gasteiger partial charge in [0, 0.05) is 12.1 Å². The maximum Gasteiger partial charge on any atom is 0.217 e. The van der Waals surface area contributed by atoms with Crippen LogP contribution in [0.5, 0.6) is 5.75 Å². The summed E-state index contributed by atoms with van der Waals surface area (Å²) in [6, 6.07) is 3.89. The summed E-state index contributed by atoms with van der Waals surface area (Å²) >= 11 is 5.64. The van der Waals surface area contributed by atoms with Crippen LogP contribution in [0.25, 0.3) is 0 Å². The van der Waals surface area contributed by atoms with Crippen molar-refractivity contribution in [1.29, 1.82) is 0 Å². The van der Waals surface area contributed by atoms with Gasteiger partial charge >= 0.3 is 0 Å². The van der Waals surface area contributed by atoms with E-state index < -0.39 is 11.6 Å². The molecular formula is C12H10ClFN2O2. The molecule has 0 aliphatic rings. The molecule has 1 heterocycles. The van der Waals surface area contributed by atoms with E-state index in [0.29, 0.717) is 5.75 Å². The number of hydrogen-bond donors (Lipinski definition) is 0. The minimum atomic E-state index is -0.671. The summed E-state index contributed by atoms with van der Waals surface area (Å²) in [6.07, 6.45) is 1.40. The second kappa shape index (κ2) is 4.78. The number of carbonyl (C=O) groups excluding carboxylic acids is 1. The van der Waals surface area contributed by atoms with Gasteiger partial charge in [-0.15, -0.1) is 0 Å². The molecule has 94 valence electrons. The Labute approximate surface area is 108 Å². The molecule has 0 bridgehead atoms. The fourth-order valence-electron chi connectivity index (χ4n) is 1.63. The molecule has 0 amide bonds. The third-order valence-corrected chi connectivity index (χ3v) is 2.75. The number of methoxy groups -OCH3 is 1. The van der Waals surface area contributed by atoms with Crippen LogP contribution >= 0.6 is 11.6 Å². The van der Waals surface area contributed by atoms with E-state index in [9.17, 15) is 9.18 Å². The lowest BCUT2D eigenvalue weighted by Crippen LogP contribution is -2.11. The quantitative estimate of drug-likeness (QED) is 0.803. The van der Waals surface area contributed by atoms with Crippen molar-refractivity contribution in [3.63, 3.8) is 0 Å². The summed E-state index contributed by atoms with van der Waals surface area (Å²) in [4.78, 5) is 12.2. The zero-order chi connectivity index (χ0) is 13.3. The maximum absolute atomic E-state index is 13.7. The third kappa shape index (κ3) is 2.09. The van der Waals surface area contributed by atoms with Gasteiger partial charge in [-0.2, -0.15) is 5.10 Å². The summed E-state index contributed by atoms with van der Waals surface area (Å²) in [5.41, 5.74) is 0.125. The number of benzene rings is 1. The first-order valence-electron chi connectivity index (χ1n) is 5.10. The molecule has 2 aromatic rings. The van der Waals surface area contributed by atoms with Crippen molar-refractivity contribution in [1.82, 2.24) is 9.78 Å². The first-order valence-corrected chi connectivity index (χ1v) is 5.48. The molecule has 1 aromatic heterocycles. The number of hydrogen-bond acceptors (Lipinski definition) is 3. The monoisotopic (exact) mass is 268 g/mol. The first-order chi connectivity index (χ1) is 8.54. The van der Waals surface area contributed by atoms with Crippen molar-refractivity contribution >= 4 is 17.4 Å². The lowest BCUT2D eigenvalue weighted by molar-refractivity contribution is 0.102. The van der Waals surface area contributed by atoms with Crippen LogP contribution in [0, 0.1) is 5.82 Å². The number of rotatable bonds is 3. The van der Waals surface area contributed by atoms with Crippen LogP contribution in [0.3, 0.4) is 0 Å². The van der Waals surface area contributed by atoms with Gasteiger partial charge in [-0.1, -0.05) is 11.6 Å². The van der Waals surface area contributed by atoms with Crippen molar-refractivity contribution in [3.8, 4) is 5.75 Å². The molecule has 0 aliphatic heterocycles. The number of nitrogens with zero attached hydrogens (tertiary/aromatic N) is 2. The molecule has 0 saturated heterocycles. The molecule has 4 nitrogen and oxygen atoms in total. The van der Waals surface area contributed by atoms with Gasteiger partial charge in [-0.25, -0.2) is 4.39 Å². The van der Waals surface area contributed by atoms with E-state index in [1.165, 1.54) is 30.1 Å². The predicted molar refractivity (Wildman–Crippen MR) is 64.6 cm³/mol. The van der Waals surface area contributed by atoms with E-state index in [1.807, 2.05) is 0 Å². The number of ether oxygens (including phenoxy) is 1. The summed E-state index contributed by atoms with van der Waals surface area (Å²) in [5, 5.41) is 4.14. The maximum atomic E-state index is 13.7. The SMILES string of the molecule is COc1cnn(C)c1C(=O)c1ccc(Cl)cc1F. The lowest BCUT2D eigenvalue weighted by Gasteiger charge is -2.05. The van der Waals surface area contributed by atoms with Gasteiger partial charge in [0.1, 0.15) is 5.82 Å². The first kappa shape index (κ1) is 12.6. The van der Waals surface area contributed by atoms with Gasteiger partial charge in [0.2, 0.25) is 5.78 Å². The molecule has 18 heavy (non-hydrogen) atoms. The standard InChI is InChI=1S/C12H10ClFN2O2/c1-16-11(10(18-2)6-15-16)12(17)8-4-3-7(13)5-9(8)14/h3-6H,1-2H3. The average Bonchev–Trinajstić information content (AvgIpc) is 2.69. The van der Waals surface area contributed by atoms with Gasteiger partial charge in [0.15, 0.2) is 11.4 Å². The summed E-state index contributed by atoms with van der Waals surface area (Å²) in [6.45, 7) is 0. The molecule has 0 radical (unpaired) electrons. The number of aromatic nitrogens is 2. The van der Waals surface area contributed by atoms with E-state index in [0.717, 1.165) is 6.07 Å². The molecule has 0 atom stereocenters. The highest BCUT2D eigenvalue weighted by atomic mass is 35.5. The summed E-state index contributed by atoms with van der Waals surface area (Å²) < 4.78 is 20.0. The second-order valence-electron chi connectivity index (χ2n) is 3.64. The molecule has 0 spiro atoms. The van der Waals surface area contributed by atoms with E-state index in [1.54, 1.807) is 7.05 Å². The number of halogens is 2. The van der Waals surface area contributed by atoms with Gasteiger partial charge < -0.3 is 4.74 Å². The Hall–Kier alpha value is -1.88. The Morgan fingerprint density at radius 1 is 1.50 bits per heavy atom. The normalized spacial score (nSPS) is 10.4. The van der Waals surface area contributed by atoms with Crippen molar-refractivity contribution in [2.45, 2.75) is 0 Å². The number of carbonyl (C=O) groups is 1. The van der Waals surface area contributed by atoms with Crippen LogP contribution in [0.2, 0.25) is 5.02 Å². The highest BCUT2D eigenvalue weighted by molar-refractivity contribution is 6.30. The zero-order valence-electron chi connectivity index (χ0n) is 9.78. The molecule has 0 unspecified atom stereocenters. The van der Waals surface area contributed by atoms with Crippen molar-refractivity contribution in [3.05, 3.63) is 46.5 Å². The zero-order valence-corrected chi connectivity index (χ0v) is 10.5. The van der Waals surface area contributed by atoms with Crippen LogP contribution in [-0.4, -0.2) is 22.7 Å². The van der Waals surface area contributed by atoms with Gasteiger partial charge in [0.05, 0.1) is 18.9 Å². The molecule has 0 saturated carbocycles. The average molecular weight is 269 g/mol. The number of ketones is 1. The van der Waals surface area contributed by atoms with Crippen molar-refractivity contribution in [2.24, 2.45) is 7.05 Å². The minimum Gasteiger partial charge on any atom is -0.493 e. The van der Waals surface area contributed by atoms with Crippen LogP contribution < -0.4 is 4.74 Å². The molecule has 0 N–H and O–H groups in total. The lowest BCUT2D eigenvalue weighted by atomic mass is 10.1.